The van der Waals surface area contributed by atoms with E-state index in [1.807, 2.05) is 12.1 Å². The molecular formula is C24H21ClN6O3. The van der Waals surface area contributed by atoms with Gasteiger partial charge in [0.05, 0.1) is 30.4 Å². The molecule has 0 aliphatic carbocycles. The maximum atomic E-state index is 13.3. The van der Waals surface area contributed by atoms with Crippen LogP contribution in [0.5, 0.6) is 11.5 Å². The predicted molar refractivity (Wildman–Crippen MR) is 127 cm³/mol. The van der Waals surface area contributed by atoms with Gasteiger partial charge < -0.3 is 14.2 Å². The second-order valence-corrected chi connectivity index (χ2v) is 8.45. The van der Waals surface area contributed by atoms with Crippen molar-refractivity contribution < 1.29 is 9.53 Å². The zero-order chi connectivity index (χ0) is 24.4. The lowest BCUT2D eigenvalue weighted by Crippen LogP contribution is -2.27. The number of carbonyl (C=O) groups is 1. The first-order valence-electron chi connectivity index (χ1n) is 10.4. The maximum absolute atomic E-state index is 13.3. The molecule has 3 heterocycles. The molecule has 10 heteroatoms. The van der Waals surface area contributed by atoms with Crippen molar-refractivity contribution in [1.82, 2.24) is 24.2 Å². The van der Waals surface area contributed by atoms with Crippen LogP contribution in [0.2, 0.25) is 5.02 Å². The zero-order valence-corrected chi connectivity index (χ0v) is 19.6. The highest BCUT2D eigenvalue weighted by atomic mass is 35.5. The summed E-state index contributed by atoms with van der Waals surface area (Å²) in [5.41, 5.74) is 1.52. The molecule has 0 aliphatic rings. The highest BCUT2D eigenvalue weighted by Gasteiger charge is 2.19. The normalized spacial score (nSPS) is 11.1. The number of hydrogen-bond donors (Lipinski definition) is 0. The molecule has 3 aromatic heterocycles. The molecule has 0 atom stereocenters. The summed E-state index contributed by atoms with van der Waals surface area (Å²) in [4.78, 5) is 32.0. The lowest BCUT2D eigenvalue weighted by atomic mass is 10.2. The first-order chi connectivity index (χ1) is 16.3. The predicted octanol–water partition coefficient (Wildman–Crippen LogP) is 3.47. The van der Waals surface area contributed by atoms with Crippen LogP contribution in [0.15, 0.2) is 53.6 Å². The van der Waals surface area contributed by atoms with Crippen molar-refractivity contribution in [3.05, 3.63) is 81.0 Å². The Morgan fingerprint density at radius 1 is 1.26 bits per heavy atom. The molecule has 0 aliphatic heterocycles. The van der Waals surface area contributed by atoms with Gasteiger partial charge in [0.25, 0.3) is 11.5 Å². The number of halogens is 1. The summed E-state index contributed by atoms with van der Waals surface area (Å²) in [7, 11) is 3.59. The highest BCUT2D eigenvalue weighted by molar-refractivity contribution is 6.30. The second-order valence-electron chi connectivity index (χ2n) is 8.01. The lowest BCUT2D eigenvalue weighted by molar-refractivity contribution is 0.0864. The van der Waals surface area contributed by atoms with Crippen molar-refractivity contribution in [2.75, 3.05) is 20.6 Å². The summed E-state index contributed by atoms with van der Waals surface area (Å²) in [6.07, 6.45) is 3.24. The van der Waals surface area contributed by atoms with Gasteiger partial charge in [-0.2, -0.15) is 15.0 Å². The van der Waals surface area contributed by atoms with Gasteiger partial charge in [-0.15, -0.1) is 0 Å². The third-order valence-electron chi connectivity index (χ3n) is 5.06. The van der Waals surface area contributed by atoms with E-state index in [-0.39, 0.29) is 36.1 Å². The Balaban J connectivity index is 1.72. The number of aromatic nitrogens is 4. The highest BCUT2D eigenvalue weighted by Crippen LogP contribution is 2.26. The molecule has 34 heavy (non-hydrogen) atoms. The summed E-state index contributed by atoms with van der Waals surface area (Å²) < 4.78 is 8.58. The van der Waals surface area contributed by atoms with E-state index in [0.29, 0.717) is 32.9 Å². The second kappa shape index (κ2) is 9.47. The number of ether oxygens (including phenoxy) is 1. The van der Waals surface area contributed by atoms with Crippen molar-refractivity contribution in [1.29, 1.82) is 5.26 Å². The van der Waals surface area contributed by atoms with Crippen molar-refractivity contribution in [3.8, 4) is 17.6 Å². The summed E-state index contributed by atoms with van der Waals surface area (Å²) in [5.74, 6) is 0.170. The monoisotopic (exact) mass is 476 g/mol. The number of carbonyl (C=O) groups excluding carboxylic acids is 1. The summed E-state index contributed by atoms with van der Waals surface area (Å²) in [6, 6.07) is 11.9. The number of aryl methyl sites for hydroxylation is 1. The fraction of sp³-hybridized carbons (Fsp3) is 0.208. The Bertz CT molecular complexity index is 1500. The van der Waals surface area contributed by atoms with Crippen LogP contribution in [0.4, 0.5) is 0 Å². The molecule has 0 spiro atoms. The number of benzene rings is 1. The molecule has 4 rings (SSSR count). The van der Waals surface area contributed by atoms with Gasteiger partial charge in [0.2, 0.25) is 0 Å². The van der Waals surface area contributed by atoms with E-state index in [9.17, 15) is 14.9 Å². The smallest absolute Gasteiger partial charge is 0.294 e. The van der Waals surface area contributed by atoms with E-state index in [1.165, 1.54) is 27.4 Å². The molecule has 1 aromatic carbocycles. The van der Waals surface area contributed by atoms with Gasteiger partial charge >= 0.3 is 0 Å². The molecule has 0 unspecified atom stereocenters. The molecule has 9 nitrogen and oxygen atoms in total. The first kappa shape index (κ1) is 23.2. The van der Waals surface area contributed by atoms with Gasteiger partial charge in [-0.3, -0.25) is 9.59 Å². The third-order valence-corrected chi connectivity index (χ3v) is 5.28. The van der Waals surface area contributed by atoms with Crippen LogP contribution in [0.1, 0.15) is 21.6 Å². The molecule has 0 radical (unpaired) electrons. The van der Waals surface area contributed by atoms with Gasteiger partial charge in [-0.25, -0.2) is 4.98 Å². The topological polar surface area (TPSA) is 106 Å². The zero-order valence-electron chi connectivity index (χ0n) is 18.8. The number of fused-ring (bicyclic) bond motifs is 1. The van der Waals surface area contributed by atoms with E-state index in [4.69, 9.17) is 16.3 Å². The number of hydrogen-bond acceptors (Lipinski definition) is 7. The standard InChI is InChI=1S/C24H21ClN6O3/c1-15-6-8-30(24(33)22(15)34-18-10-16(12-26)9-17(25)11-18)13-20-19-5-4-7-27-23(19)31(28-20)21(32)14-29(2)3/h4-11H,13-14H2,1-3H3. The summed E-state index contributed by atoms with van der Waals surface area (Å²) in [5, 5.41) is 14.7. The molecular weight excluding hydrogens is 456 g/mol. The fourth-order valence-electron chi connectivity index (χ4n) is 3.50. The van der Waals surface area contributed by atoms with Gasteiger partial charge in [0.15, 0.2) is 11.4 Å². The molecule has 172 valence electrons. The van der Waals surface area contributed by atoms with Gasteiger partial charge in [-0.05, 0) is 63.0 Å². The number of nitrogens with zero attached hydrogens (tertiary/aromatic N) is 6. The average molecular weight is 477 g/mol. The van der Waals surface area contributed by atoms with Gasteiger partial charge in [0.1, 0.15) is 5.75 Å². The fourth-order valence-corrected chi connectivity index (χ4v) is 3.72. The molecule has 0 saturated heterocycles. The van der Waals surface area contributed by atoms with Gasteiger partial charge in [-0.1, -0.05) is 11.6 Å². The Kier molecular flexibility index (Phi) is 6.45. The number of likely N-dealkylation sites (N-methyl/N-ethyl adjacent to an activating group) is 1. The van der Waals surface area contributed by atoms with E-state index < -0.39 is 0 Å². The van der Waals surface area contributed by atoms with Crippen molar-refractivity contribution >= 4 is 28.5 Å². The van der Waals surface area contributed by atoms with Crippen molar-refractivity contribution in [2.24, 2.45) is 0 Å². The minimum atomic E-state index is -0.385. The number of rotatable bonds is 6. The minimum absolute atomic E-state index is 0.110. The van der Waals surface area contributed by atoms with Crippen molar-refractivity contribution in [3.63, 3.8) is 0 Å². The minimum Gasteiger partial charge on any atom is -0.451 e. The summed E-state index contributed by atoms with van der Waals surface area (Å²) >= 11 is 6.07. The molecule has 0 N–H and O–H groups in total. The molecule has 0 bridgehead atoms. The van der Waals surface area contributed by atoms with Crippen LogP contribution in [0.3, 0.4) is 0 Å². The van der Waals surface area contributed by atoms with Crippen LogP contribution < -0.4 is 10.3 Å². The van der Waals surface area contributed by atoms with Crippen LogP contribution in [0.25, 0.3) is 11.0 Å². The lowest BCUT2D eigenvalue weighted by Gasteiger charge is -2.12. The van der Waals surface area contributed by atoms with Crippen LogP contribution in [0, 0.1) is 18.3 Å². The number of nitriles is 1. The van der Waals surface area contributed by atoms with Crippen LogP contribution in [-0.4, -0.2) is 50.8 Å². The van der Waals surface area contributed by atoms with Crippen LogP contribution >= 0.6 is 11.6 Å². The first-order valence-corrected chi connectivity index (χ1v) is 10.7. The number of pyridine rings is 2. The third kappa shape index (κ3) is 4.69. The average Bonchev–Trinajstić information content (AvgIpc) is 3.16. The summed E-state index contributed by atoms with van der Waals surface area (Å²) in [6.45, 7) is 2.03. The Morgan fingerprint density at radius 2 is 2.06 bits per heavy atom. The molecule has 0 fully saturated rings. The van der Waals surface area contributed by atoms with Crippen LogP contribution in [-0.2, 0) is 6.54 Å². The van der Waals surface area contributed by atoms with E-state index in [0.717, 1.165) is 0 Å². The van der Waals surface area contributed by atoms with Gasteiger partial charge in [0, 0.05) is 22.8 Å². The maximum Gasteiger partial charge on any atom is 0.294 e. The molecule has 4 aromatic rings. The van der Waals surface area contributed by atoms with E-state index in [1.54, 1.807) is 50.4 Å². The largest absolute Gasteiger partial charge is 0.451 e. The Hall–Kier alpha value is -4.00. The SMILES string of the molecule is Cc1ccn(Cc2nn(C(=O)CN(C)C)c3ncccc23)c(=O)c1Oc1cc(Cl)cc(C#N)c1. The van der Waals surface area contributed by atoms with E-state index >= 15 is 0 Å². The Labute approximate surface area is 200 Å². The molecule has 0 saturated carbocycles. The molecule has 0 amide bonds. The van der Waals surface area contributed by atoms with Crippen molar-refractivity contribution in [2.45, 2.75) is 13.5 Å². The van der Waals surface area contributed by atoms with E-state index in [2.05, 4.69) is 10.1 Å². The Morgan fingerprint density at radius 3 is 2.79 bits per heavy atom. The quantitative estimate of drug-likeness (QED) is 0.419.